The van der Waals surface area contributed by atoms with Gasteiger partial charge in [-0.05, 0) is 48.2 Å². The van der Waals surface area contributed by atoms with Gasteiger partial charge in [-0.15, -0.1) is 0 Å². The van der Waals surface area contributed by atoms with Crippen LogP contribution in [0.5, 0.6) is 0 Å². The van der Waals surface area contributed by atoms with Crippen LogP contribution in [0.4, 0.5) is 15.9 Å². The summed E-state index contributed by atoms with van der Waals surface area (Å²) in [6.07, 6.45) is 1.73. The minimum atomic E-state index is -0.746. The lowest BCUT2D eigenvalue weighted by atomic mass is 9.98. The van der Waals surface area contributed by atoms with E-state index in [0.717, 1.165) is 24.3 Å². The quantitative estimate of drug-likeness (QED) is 0.480. The summed E-state index contributed by atoms with van der Waals surface area (Å²) in [5, 5.41) is 6.20. The molecular formula is C29H34FN5O2. The molecule has 1 saturated heterocycles. The van der Waals surface area contributed by atoms with Crippen molar-refractivity contribution >= 4 is 23.3 Å². The Balaban J connectivity index is 1.42. The summed E-state index contributed by atoms with van der Waals surface area (Å²) in [5.41, 5.74) is 3.84. The fourth-order valence-corrected chi connectivity index (χ4v) is 4.48. The average molecular weight is 504 g/mol. The minimum absolute atomic E-state index is 0.0885. The first-order valence-corrected chi connectivity index (χ1v) is 12.6. The number of rotatable bonds is 8. The monoisotopic (exact) mass is 503 g/mol. The van der Waals surface area contributed by atoms with Crippen molar-refractivity contribution in [1.29, 1.82) is 0 Å². The number of anilines is 2. The third kappa shape index (κ3) is 6.92. The highest BCUT2D eigenvalue weighted by molar-refractivity contribution is 5.94. The van der Waals surface area contributed by atoms with Gasteiger partial charge in [-0.1, -0.05) is 48.9 Å². The number of hydrogen-bond donors (Lipinski definition) is 2. The van der Waals surface area contributed by atoms with Crippen molar-refractivity contribution in [2.45, 2.75) is 32.7 Å². The number of nitrogens with zero attached hydrogens (tertiary/aromatic N) is 3. The molecule has 7 nitrogen and oxygen atoms in total. The second kappa shape index (κ2) is 12.0. The van der Waals surface area contributed by atoms with Gasteiger partial charge in [0, 0.05) is 39.6 Å². The molecule has 4 rings (SSSR count). The largest absolute Gasteiger partial charge is 0.367 e. The van der Waals surface area contributed by atoms with E-state index in [4.69, 9.17) is 0 Å². The Morgan fingerprint density at radius 1 is 1.00 bits per heavy atom. The summed E-state index contributed by atoms with van der Waals surface area (Å²) in [5.74, 6) is -0.0325. The molecule has 0 aliphatic carbocycles. The van der Waals surface area contributed by atoms with Crippen molar-refractivity contribution in [1.82, 2.24) is 15.2 Å². The third-order valence-corrected chi connectivity index (χ3v) is 6.81. The lowest BCUT2D eigenvalue weighted by Crippen LogP contribution is -2.48. The van der Waals surface area contributed by atoms with E-state index < -0.39 is 11.9 Å². The second-order valence-electron chi connectivity index (χ2n) is 9.59. The molecule has 37 heavy (non-hydrogen) atoms. The molecule has 2 N–H and O–H groups in total. The molecule has 2 aromatic carbocycles. The Kier molecular flexibility index (Phi) is 8.50. The van der Waals surface area contributed by atoms with E-state index in [-0.39, 0.29) is 17.7 Å². The first kappa shape index (κ1) is 26.3. The molecule has 2 heterocycles. The summed E-state index contributed by atoms with van der Waals surface area (Å²) >= 11 is 0. The van der Waals surface area contributed by atoms with Crippen LogP contribution < -0.4 is 15.5 Å². The molecule has 0 radical (unpaired) electrons. The van der Waals surface area contributed by atoms with Crippen molar-refractivity contribution in [3.63, 3.8) is 0 Å². The molecule has 3 aromatic rings. The van der Waals surface area contributed by atoms with Crippen molar-refractivity contribution < 1.29 is 14.0 Å². The molecular weight excluding hydrogens is 469 g/mol. The van der Waals surface area contributed by atoms with Crippen molar-refractivity contribution in [3.8, 4) is 0 Å². The van der Waals surface area contributed by atoms with Crippen molar-refractivity contribution in [2.75, 3.05) is 42.9 Å². The molecule has 8 heteroatoms. The highest BCUT2D eigenvalue weighted by Crippen LogP contribution is 2.22. The maximum Gasteiger partial charge on any atom is 0.247 e. The van der Waals surface area contributed by atoms with E-state index in [9.17, 15) is 14.0 Å². The van der Waals surface area contributed by atoms with E-state index in [1.807, 2.05) is 17.9 Å². The lowest BCUT2D eigenvalue weighted by Gasteiger charge is -2.35. The van der Waals surface area contributed by atoms with E-state index in [0.29, 0.717) is 31.0 Å². The summed E-state index contributed by atoms with van der Waals surface area (Å²) in [7, 11) is 0. The standard InChI is InChI=1S/C29H34FN5O2/c1-20-7-9-23(10-8-20)21(2)18-32-28(24-5-4-6-25(30)17-24)29(37)33-27-12-11-26(19-31-27)35-15-13-34(14-16-35)22(3)36/h4-12,17,19,21,28,32H,13-16,18H2,1-3H3,(H,31,33,37)/t21-,28+/m1/s1. The summed E-state index contributed by atoms with van der Waals surface area (Å²) in [6.45, 7) is 9.09. The van der Waals surface area contributed by atoms with Crippen LogP contribution >= 0.6 is 0 Å². The molecule has 1 aliphatic heterocycles. The van der Waals surface area contributed by atoms with Gasteiger partial charge < -0.3 is 20.4 Å². The van der Waals surface area contributed by atoms with Crippen LogP contribution in [0.1, 0.15) is 42.5 Å². The number of aromatic nitrogens is 1. The predicted octanol–water partition coefficient (Wildman–Crippen LogP) is 4.27. The number of hydrogen-bond acceptors (Lipinski definition) is 5. The molecule has 2 amide bonds. The molecule has 194 valence electrons. The number of piperazine rings is 1. The van der Waals surface area contributed by atoms with Gasteiger partial charge in [-0.3, -0.25) is 9.59 Å². The maximum absolute atomic E-state index is 14.0. The van der Waals surface area contributed by atoms with Gasteiger partial charge in [0.25, 0.3) is 0 Å². The van der Waals surface area contributed by atoms with Crippen LogP contribution in [-0.2, 0) is 9.59 Å². The normalized spacial score (nSPS) is 15.2. The number of carbonyl (C=O) groups is 2. The number of pyridine rings is 1. The Morgan fingerprint density at radius 3 is 2.35 bits per heavy atom. The van der Waals surface area contributed by atoms with Gasteiger partial charge in [-0.2, -0.15) is 0 Å². The highest BCUT2D eigenvalue weighted by atomic mass is 19.1. The predicted molar refractivity (Wildman–Crippen MR) is 144 cm³/mol. The Bertz CT molecular complexity index is 1210. The number of aryl methyl sites for hydroxylation is 1. The average Bonchev–Trinajstić information content (AvgIpc) is 2.89. The number of halogens is 1. The first-order chi connectivity index (χ1) is 17.8. The zero-order valence-electron chi connectivity index (χ0n) is 21.6. The topological polar surface area (TPSA) is 77.6 Å². The van der Waals surface area contributed by atoms with E-state index in [1.165, 1.54) is 17.7 Å². The molecule has 1 aliphatic rings. The van der Waals surface area contributed by atoms with Gasteiger partial charge >= 0.3 is 0 Å². The summed E-state index contributed by atoms with van der Waals surface area (Å²) in [4.78, 5) is 33.3. The third-order valence-electron chi connectivity index (χ3n) is 6.81. The van der Waals surface area contributed by atoms with Crippen molar-refractivity contribution in [3.05, 3.63) is 89.4 Å². The molecule has 2 atom stereocenters. The van der Waals surface area contributed by atoms with E-state index in [1.54, 1.807) is 31.3 Å². The van der Waals surface area contributed by atoms with Crippen LogP contribution in [0.25, 0.3) is 0 Å². The first-order valence-electron chi connectivity index (χ1n) is 12.6. The summed E-state index contributed by atoms with van der Waals surface area (Å²) < 4.78 is 14.0. The SMILES string of the molecule is CC(=O)N1CCN(c2ccc(NC(=O)[C@@H](NC[C@@H](C)c3ccc(C)cc3)c3cccc(F)c3)nc2)CC1. The molecule has 0 spiro atoms. The Morgan fingerprint density at radius 2 is 1.73 bits per heavy atom. The lowest BCUT2D eigenvalue weighted by molar-refractivity contribution is -0.129. The highest BCUT2D eigenvalue weighted by Gasteiger charge is 2.23. The molecule has 1 fully saturated rings. The Labute approximate surface area is 217 Å². The molecule has 0 bridgehead atoms. The number of benzene rings is 2. The zero-order valence-corrected chi connectivity index (χ0v) is 21.6. The fourth-order valence-electron chi connectivity index (χ4n) is 4.48. The molecule has 1 aromatic heterocycles. The number of amides is 2. The smallest absolute Gasteiger partial charge is 0.247 e. The van der Waals surface area contributed by atoms with Gasteiger partial charge in [0.1, 0.15) is 17.7 Å². The molecule has 0 saturated carbocycles. The van der Waals surface area contributed by atoms with Gasteiger partial charge in [0.05, 0.1) is 11.9 Å². The van der Waals surface area contributed by atoms with Crippen molar-refractivity contribution in [2.24, 2.45) is 0 Å². The van der Waals surface area contributed by atoms with Crippen LogP contribution in [0.2, 0.25) is 0 Å². The molecule has 0 unspecified atom stereocenters. The fraction of sp³-hybridized carbons (Fsp3) is 0.345. The maximum atomic E-state index is 14.0. The van der Waals surface area contributed by atoms with Gasteiger partial charge in [-0.25, -0.2) is 9.37 Å². The van der Waals surface area contributed by atoms with Crippen LogP contribution in [0.3, 0.4) is 0 Å². The minimum Gasteiger partial charge on any atom is -0.367 e. The Hall–Kier alpha value is -3.78. The van der Waals surface area contributed by atoms with Gasteiger partial charge in [0.2, 0.25) is 11.8 Å². The van der Waals surface area contributed by atoms with Crippen LogP contribution in [0, 0.1) is 12.7 Å². The van der Waals surface area contributed by atoms with E-state index in [2.05, 4.69) is 51.7 Å². The zero-order chi connectivity index (χ0) is 26.4. The van der Waals surface area contributed by atoms with Gasteiger partial charge in [0.15, 0.2) is 0 Å². The second-order valence-corrected chi connectivity index (χ2v) is 9.59. The number of nitrogens with one attached hydrogen (secondary N) is 2. The van der Waals surface area contributed by atoms with Crippen LogP contribution in [0.15, 0.2) is 66.9 Å². The summed E-state index contributed by atoms with van der Waals surface area (Å²) in [6, 6.07) is 17.3. The van der Waals surface area contributed by atoms with Crippen LogP contribution in [-0.4, -0.2) is 54.4 Å². The van der Waals surface area contributed by atoms with E-state index >= 15 is 0 Å². The number of carbonyl (C=O) groups excluding carboxylic acids is 2.